The van der Waals surface area contributed by atoms with Crippen LogP contribution in [0.2, 0.25) is 0 Å². The minimum Gasteiger partial charge on any atom is -0.492 e. The number of likely N-dealkylation sites (tertiary alicyclic amines) is 1. The van der Waals surface area contributed by atoms with Crippen LogP contribution < -0.4 is 10.1 Å². The number of halogens is 2. The average Bonchev–Trinajstić information content (AvgIpc) is 2.87. The monoisotopic (exact) mass is 318 g/mol. The molecule has 114 valence electrons. The molecule has 0 aromatic heterocycles. The summed E-state index contributed by atoms with van der Waals surface area (Å²) in [6.45, 7) is 5.43. The molecular weight excluding hydrogens is 295 g/mol. The van der Waals surface area contributed by atoms with Crippen molar-refractivity contribution in [1.82, 2.24) is 4.90 Å². The Morgan fingerprint density at radius 1 is 1.10 bits per heavy atom. The maximum atomic E-state index is 5.86. The highest BCUT2D eigenvalue weighted by molar-refractivity contribution is 5.85. The van der Waals surface area contributed by atoms with E-state index in [9.17, 15) is 0 Å². The quantitative estimate of drug-likeness (QED) is 0.921. The fraction of sp³-hybridized carbons (Fsp3) is 0.600. The SMILES string of the molecule is Cl.Cl.c1cc2c(cc1OCCN1CCCCC1)CCN2. The molecule has 5 heteroatoms. The largest absolute Gasteiger partial charge is 0.492 e. The summed E-state index contributed by atoms with van der Waals surface area (Å²) in [5, 5.41) is 3.37. The van der Waals surface area contributed by atoms with E-state index in [1.807, 2.05) is 0 Å². The van der Waals surface area contributed by atoms with Crippen LogP contribution in [0.15, 0.2) is 18.2 Å². The molecule has 1 aromatic rings. The van der Waals surface area contributed by atoms with Gasteiger partial charge in [-0.25, -0.2) is 0 Å². The van der Waals surface area contributed by atoms with Gasteiger partial charge in [-0.05, 0) is 56.1 Å². The first-order valence-corrected chi connectivity index (χ1v) is 7.14. The van der Waals surface area contributed by atoms with Gasteiger partial charge in [-0.1, -0.05) is 6.42 Å². The van der Waals surface area contributed by atoms with E-state index in [0.717, 1.165) is 31.9 Å². The molecule has 20 heavy (non-hydrogen) atoms. The van der Waals surface area contributed by atoms with Gasteiger partial charge in [0, 0.05) is 18.8 Å². The van der Waals surface area contributed by atoms with Crippen molar-refractivity contribution < 1.29 is 4.74 Å². The van der Waals surface area contributed by atoms with E-state index in [2.05, 4.69) is 28.4 Å². The predicted octanol–water partition coefficient (Wildman–Crippen LogP) is 3.36. The van der Waals surface area contributed by atoms with Crippen molar-refractivity contribution in [3.05, 3.63) is 23.8 Å². The van der Waals surface area contributed by atoms with Gasteiger partial charge < -0.3 is 10.1 Å². The lowest BCUT2D eigenvalue weighted by molar-refractivity contribution is 0.183. The molecule has 2 heterocycles. The number of benzene rings is 1. The van der Waals surface area contributed by atoms with Crippen LogP contribution in [0.1, 0.15) is 24.8 Å². The van der Waals surface area contributed by atoms with Crippen LogP contribution in [-0.2, 0) is 6.42 Å². The molecule has 0 saturated carbocycles. The summed E-state index contributed by atoms with van der Waals surface area (Å²) in [6.07, 6.45) is 5.23. The lowest BCUT2D eigenvalue weighted by Gasteiger charge is -2.26. The van der Waals surface area contributed by atoms with Crippen molar-refractivity contribution in [2.24, 2.45) is 0 Å². The predicted molar refractivity (Wildman–Crippen MR) is 88.9 cm³/mol. The Labute approximate surface area is 133 Å². The normalized spacial score (nSPS) is 17.4. The Kier molecular flexibility index (Phi) is 7.49. The number of nitrogens with one attached hydrogen (secondary N) is 1. The fourth-order valence-electron chi connectivity index (χ4n) is 2.85. The summed E-state index contributed by atoms with van der Waals surface area (Å²) in [6, 6.07) is 6.40. The molecule has 1 N–H and O–H groups in total. The summed E-state index contributed by atoms with van der Waals surface area (Å²) in [5.74, 6) is 1.02. The van der Waals surface area contributed by atoms with Gasteiger partial charge >= 0.3 is 0 Å². The molecule has 2 aliphatic rings. The molecule has 0 bridgehead atoms. The Balaban J connectivity index is 0.000001000. The van der Waals surface area contributed by atoms with E-state index < -0.39 is 0 Å². The van der Waals surface area contributed by atoms with E-state index >= 15 is 0 Å². The van der Waals surface area contributed by atoms with Crippen LogP contribution >= 0.6 is 24.8 Å². The second-order valence-corrected chi connectivity index (χ2v) is 5.25. The highest BCUT2D eigenvalue weighted by Crippen LogP contribution is 2.26. The van der Waals surface area contributed by atoms with E-state index in [-0.39, 0.29) is 24.8 Å². The highest BCUT2D eigenvalue weighted by atomic mass is 35.5. The van der Waals surface area contributed by atoms with Gasteiger partial charge in [-0.2, -0.15) is 0 Å². The zero-order valence-corrected chi connectivity index (χ0v) is 13.4. The van der Waals surface area contributed by atoms with E-state index in [1.165, 1.54) is 43.6 Å². The zero-order valence-electron chi connectivity index (χ0n) is 11.8. The fourth-order valence-corrected chi connectivity index (χ4v) is 2.85. The minimum absolute atomic E-state index is 0. The number of piperidine rings is 1. The molecule has 0 amide bonds. The van der Waals surface area contributed by atoms with Gasteiger partial charge in [0.2, 0.25) is 0 Å². The molecule has 1 aromatic carbocycles. The van der Waals surface area contributed by atoms with Crippen LogP contribution in [0, 0.1) is 0 Å². The van der Waals surface area contributed by atoms with Crippen molar-refractivity contribution in [2.45, 2.75) is 25.7 Å². The summed E-state index contributed by atoms with van der Waals surface area (Å²) in [7, 11) is 0. The Morgan fingerprint density at radius 2 is 1.90 bits per heavy atom. The standard InChI is InChI=1S/C15H22N2O.2ClH/c1-2-8-17(9-3-1)10-11-18-14-4-5-15-13(12-14)6-7-16-15;;/h4-5,12,16H,1-3,6-11H2;2*1H. The third-order valence-corrected chi connectivity index (χ3v) is 3.91. The number of nitrogens with zero attached hydrogens (tertiary/aromatic N) is 1. The first kappa shape index (κ1) is 17.4. The van der Waals surface area contributed by atoms with Gasteiger partial charge in [0.15, 0.2) is 0 Å². The number of hydrogen-bond acceptors (Lipinski definition) is 3. The first-order valence-electron chi connectivity index (χ1n) is 7.14. The van der Waals surface area contributed by atoms with Crippen molar-refractivity contribution >= 4 is 30.5 Å². The summed E-state index contributed by atoms with van der Waals surface area (Å²) in [4.78, 5) is 2.51. The van der Waals surface area contributed by atoms with Gasteiger partial charge in [0.1, 0.15) is 12.4 Å². The van der Waals surface area contributed by atoms with E-state index in [4.69, 9.17) is 4.74 Å². The topological polar surface area (TPSA) is 24.5 Å². The number of anilines is 1. The van der Waals surface area contributed by atoms with Crippen LogP contribution in [0.25, 0.3) is 0 Å². The van der Waals surface area contributed by atoms with E-state index in [0.29, 0.717) is 0 Å². The molecule has 0 unspecified atom stereocenters. The van der Waals surface area contributed by atoms with Crippen molar-refractivity contribution in [1.29, 1.82) is 0 Å². The molecule has 0 aliphatic carbocycles. The van der Waals surface area contributed by atoms with Crippen LogP contribution in [-0.4, -0.2) is 37.7 Å². The number of rotatable bonds is 4. The van der Waals surface area contributed by atoms with Crippen LogP contribution in [0.5, 0.6) is 5.75 Å². The smallest absolute Gasteiger partial charge is 0.119 e. The first-order chi connectivity index (χ1) is 8.92. The lowest BCUT2D eigenvalue weighted by atomic mass is 10.1. The van der Waals surface area contributed by atoms with Gasteiger partial charge in [-0.15, -0.1) is 24.8 Å². The molecule has 3 rings (SSSR count). The highest BCUT2D eigenvalue weighted by Gasteiger charge is 2.11. The second-order valence-electron chi connectivity index (χ2n) is 5.25. The minimum atomic E-state index is 0. The number of hydrogen-bond donors (Lipinski definition) is 1. The van der Waals surface area contributed by atoms with Gasteiger partial charge in [-0.3, -0.25) is 4.90 Å². The van der Waals surface area contributed by atoms with Crippen LogP contribution in [0.4, 0.5) is 5.69 Å². The molecule has 1 saturated heterocycles. The molecule has 2 aliphatic heterocycles. The van der Waals surface area contributed by atoms with Crippen molar-refractivity contribution in [2.75, 3.05) is 38.1 Å². The Morgan fingerprint density at radius 3 is 2.70 bits per heavy atom. The summed E-state index contributed by atoms with van der Waals surface area (Å²) >= 11 is 0. The third kappa shape index (κ3) is 4.44. The third-order valence-electron chi connectivity index (χ3n) is 3.91. The molecular formula is C15H24Cl2N2O. The molecule has 0 spiro atoms. The molecule has 0 atom stereocenters. The average molecular weight is 319 g/mol. The lowest BCUT2D eigenvalue weighted by Crippen LogP contribution is -2.33. The van der Waals surface area contributed by atoms with Crippen LogP contribution in [0.3, 0.4) is 0 Å². The molecule has 3 nitrogen and oxygen atoms in total. The van der Waals surface area contributed by atoms with Crippen molar-refractivity contribution in [3.63, 3.8) is 0 Å². The maximum Gasteiger partial charge on any atom is 0.119 e. The van der Waals surface area contributed by atoms with Crippen molar-refractivity contribution in [3.8, 4) is 5.75 Å². The number of ether oxygens (including phenoxy) is 1. The molecule has 1 fully saturated rings. The van der Waals surface area contributed by atoms with Gasteiger partial charge in [0.05, 0.1) is 0 Å². The number of fused-ring (bicyclic) bond motifs is 1. The van der Waals surface area contributed by atoms with Gasteiger partial charge in [0.25, 0.3) is 0 Å². The maximum absolute atomic E-state index is 5.86. The summed E-state index contributed by atoms with van der Waals surface area (Å²) in [5.41, 5.74) is 2.67. The Hall–Kier alpha value is -0.640. The second kappa shape index (κ2) is 8.60. The summed E-state index contributed by atoms with van der Waals surface area (Å²) < 4.78 is 5.86. The molecule has 0 radical (unpaired) electrons. The van der Waals surface area contributed by atoms with E-state index in [1.54, 1.807) is 0 Å². The Bertz CT molecular complexity index is 409. The zero-order chi connectivity index (χ0) is 12.2.